The molecule has 1 aliphatic rings. The lowest BCUT2D eigenvalue weighted by Gasteiger charge is -2.38. The van der Waals surface area contributed by atoms with Crippen LogP contribution in [0.2, 0.25) is 0 Å². The van der Waals surface area contributed by atoms with E-state index in [-0.39, 0.29) is 6.23 Å². The smallest absolute Gasteiger partial charge is 0.136 e. The zero-order valence-electron chi connectivity index (χ0n) is 9.52. The van der Waals surface area contributed by atoms with Crippen LogP contribution in [0.1, 0.15) is 32.1 Å². The molecule has 1 aliphatic heterocycles. The van der Waals surface area contributed by atoms with Crippen molar-refractivity contribution in [3.8, 4) is 0 Å². The number of ether oxygens (including phenoxy) is 1. The minimum absolute atomic E-state index is 0.153. The second-order valence-corrected chi connectivity index (χ2v) is 4.32. The van der Waals surface area contributed by atoms with Crippen LogP contribution in [0.3, 0.4) is 0 Å². The van der Waals surface area contributed by atoms with E-state index in [1.807, 2.05) is 6.07 Å². The van der Waals surface area contributed by atoms with Crippen LogP contribution in [0.5, 0.6) is 0 Å². The molecule has 0 aromatic heterocycles. The van der Waals surface area contributed by atoms with Crippen LogP contribution in [-0.4, -0.2) is 24.1 Å². The van der Waals surface area contributed by atoms with Gasteiger partial charge in [-0.3, -0.25) is 4.90 Å². The molecule has 0 saturated carbocycles. The summed E-state index contributed by atoms with van der Waals surface area (Å²) in [5.41, 5.74) is 1.27. The minimum Gasteiger partial charge on any atom is -0.359 e. The molecule has 1 aromatic rings. The molecule has 0 bridgehead atoms. The van der Waals surface area contributed by atoms with Gasteiger partial charge in [0, 0.05) is 12.6 Å². The molecule has 0 amide bonds. The zero-order chi connectivity index (χ0) is 10.7. The molecule has 1 saturated heterocycles. The van der Waals surface area contributed by atoms with Gasteiger partial charge in [-0.2, -0.15) is 0 Å². The Morgan fingerprint density at radius 1 is 1.27 bits per heavy atom. The van der Waals surface area contributed by atoms with Crippen LogP contribution in [0.25, 0.3) is 0 Å². The van der Waals surface area contributed by atoms with Crippen molar-refractivity contribution in [1.29, 1.82) is 0 Å². The Kier molecular flexibility index (Phi) is 3.39. The van der Waals surface area contributed by atoms with Crippen molar-refractivity contribution in [1.82, 2.24) is 4.90 Å². The van der Waals surface area contributed by atoms with Crippen LogP contribution in [0.4, 0.5) is 0 Å². The lowest BCUT2D eigenvalue weighted by molar-refractivity contribution is -0.111. The van der Waals surface area contributed by atoms with Crippen molar-refractivity contribution < 1.29 is 4.74 Å². The van der Waals surface area contributed by atoms with E-state index in [1.165, 1.54) is 5.56 Å². The minimum atomic E-state index is 0.153. The molecular weight excluding hydrogens is 186 g/mol. The quantitative estimate of drug-likeness (QED) is 0.736. The van der Waals surface area contributed by atoms with E-state index in [1.54, 1.807) is 0 Å². The monoisotopic (exact) mass is 205 g/mol. The molecule has 0 N–H and O–H groups in total. The standard InChI is InChI=1S/C13H19NO/c1-11(2)14-9-6-10-15-13(14)12-7-4-3-5-8-12/h3-5,7-8,11,13H,6,9-10H2,1-2H3. The van der Waals surface area contributed by atoms with E-state index in [0.29, 0.717) is 6.04 Å². The average Bonchev–Trinajstić information content (AvgIpc) is 2.30. The topological polar surface area (TPSA) is 12.5 Å². The van der Waals surface area contributed by atoms with Gasteiger partial charge in [-0.15, -0.1) is 0 Å². The van der Waals surface area contributed by atoms with Crippen molar-refractivity contribution >= 4 is 0 Å². The second kappa shape index (κ2) is 4.77. The first-order chi connectivity index (χ1) is 7.29. The van der Waals surface area contributed by atoms with Gasteiger partial charge in [0.05, 0.1) is 6.61 Å². The lowest BCUT2D eigenvalue weighted by atomic mass is 10.1. The molecular formula is C13H19NO. The Hall–Kier alpha value is -0.860. The van der Waals surface area contributed by atoms with E-state index >= 15 is 0 Å². The number of benzene rings is 1. The highest BCUT2D eigenvalue weighted by Gasteiger charge is 2.26. The van der Waals surface area contributed by atoms with Crippen LogP contribution in [0.15, 0.2) is 30.3 Å². The molecule has 1 aromatic carbocycles. The maximum absolute atomic E-state index is 5.86. The Labute approximate surface area is 91.9 Å². The maximum Gasteiger partial charge on any atom is 0.136 e. The highest BCUT2D eigenvalue weighted by atomic mass is 16.5. The van der Waals surface area contributed by atoms with E-state index in [2.05, 4.69) is 43.0 Å². The first-order valence-electron chi connectivity index (χ1n) is 5.71. The fourth-order valence-electron chi connectivity index (χ4n) is 2.09. The van der Waals surface area contributed by atoms with Gasteiger partial charge >= 0.3 is 0 Å². The molecule has 1 heterocycles. The Bertz CT molecular complexity index is 297. The zero-order valence-corrected chi connectivity index (χ0v) is 9.52. The predicted molar refractivity (Wildman–Crippen MR) is 61.6 cm³/mol. The maximum atomic E-state index is 5.86. The van der Waals surface area contributed by atoms with Crippen LogP contribution < -0.4 is 0 Å². The van der Waals surface area contributed by atoms with Gasteiger partial charge < -0.3 is 4.74 Å². The predicted octanol–water partition coefficient (Wildman–Crippen LogP) is 2.82. The first kappa shape index (κ1) is 10.7. The molecule has 2 rings (SSSR count). The van der Waals surface area contributed by atoms with Crippen molar-refractivity contribution in [2.24, 2.45) is 0 Å². The molecule has 1 atom stereocenters. The van der Waals surface area contributed by atoms with Crippen molar-refractivity contribution in [3.05, 3.63) is 35.9 Å². The highest BCUT2D eigenvalue weighted by molar-refractivity contribution is 5.17. The molecule has 1 unspecified atom stereocenters. The summed E-state index contributed by atoms with van der Waals surface area (Å²) in [5.74, 6) is 0. The summed E-state index contributed by atoms with van der Waals surface area (Å²) in [5, 5.41) is 0. The largest absolute Gasteiger partial charge is 0.359 e. The molecule has 0 radical (unpaired) electrons. The molecule has 2 heteroatoms. The third kappa shape index (κ3) is 2.39. The summed E-state index contributed by atoms with van der Waals surface area (Å²) in [7, 11) is 0. The highest BCUT2D eigenvalue weighted by Crippen LogP contribution is 2.27. The van der Waals surface area contributed by atoms with Gasteiger partial charge in [-0.25, -0.2) is 0 Å². The number of hydrogen-bond donors (Lipinski definition) is 0. The SMILES string of the molecule is CC(C)N1CCCOC1c1ccccc1. The first-order valence-corrected chi connectivity index (χ1v) is 5.71. The summed E-state index contributed by atoms with van der Waals surface area (Å²) in [4.78, 5) is 2.42. The second-order valence-electron chi connectivity index (χ2n) is 4.32. The summed E-state index contributed by atoms with van der Waals surface area (Å²) in [6, 6.07) is 11.0. The van der Waals surface area contributed by atoms with E-state index < -0.39 is 0 Å². The van der Waals surface area contributed by atoms with Gasteiger partial charge in [0.25, 0.3) is 0 Å². The summed E-state index contributed by atoms with van der Waals surface area (Å²) in [6.45, 7) is 6.47. The lowest BCUT2D eigenvalue weighted by Crippen LogP contribution is -2.41. The van der Waals surface area contributed by atoms with Crippen molar-refractivity contribution in [2.45, 2.75) is 32.5 Å². The number of rotatable bonds is 2. The summed E-state index contributed by atoms with van der Waals surface area (Å²) in [6.07, 6.45) is 1.29. The van der Waals surface area contributed by atoms with Crippen molar-refractivity contribution in [2.75, 3.05) is 13.2 Å². The van der Waals surface area contributed by atoms with Crippen LogP contribution in [0, 0.1) is 0 Å². The Balaban J connectivity index is 2.18. The number of nitrogens with zero attached hydrogens (tertiary/aromatic N) is 1. The van der Waals surface area contributed by atoms with Gasteiger partial charge in [-0.1, -0.05) is 30.3 Å². The normalized spacial score (nSPS) is 23.3. The summed E-state index contributed by atoms with van der Waals surface area (Å²) < 4.78 is 5.86. The van der Waals surface area contributed by atoms with Gasteiger partial charge in [0.1, 0.15) is 6.23 Å². The van der Waals surface area contributed by atoms with E-state index in [9.17, 15) is 0 Å². The van der Waals surface area contributed by atoms with Gasteiger partial charge in [0.15, 0.2) is 0 Å². The van der Waals surface area contributed by atoms with Crippen LogP contribution in [-0.2, 0) is 4.74 Å². The third-order valence-electron chi connectivity index (χ3n) is 2.89. The fourth-order valence-corrected chi connectivity index (χ4v) is 2.09. The van der Waals surface area contributed by atoms with Gasteiger partial charge in [-0.05, 0) is 25.8 Å². The molecule has 0 aliphatic carbocycles. The molecule has 15 heavy (non-hydrogen) atoms. The van der Waals surface area contributed by atoms with Crippen LogP contribution >= 0.6 is 0 Å². The molecule has 2 nitrogen and oxygen atoms in total. The fraction of sp³-hybridized carbons (Fsp3) is 0.538. The molecule has 1 fully saturated rings. The van der Waals surface area contributed by atoms with Crippen molar-refractivity contribution in [3.63, 3.8) is 0 Å². The average molecular weight is 205 g/mol. The third-order valence-corrected chi connectivity index (χ3v) is 2.89. The summed E-state index contributed by atoms with van der Waals surface area (Å²) >= 11 is 0. The molecule has 0 spiro atoms. The molecule has 82 valence electrons. The van der Waals surface area contributed by atoms with E-state index in [0.717, 1.165) is 19.6 Å². The Morgan fingerprint density at radius 2 is 2.00 bits per heavy atom. The number of hydrogen-bond acceptors (Lipinski definition) is 2. The Morgan fingerprint density at radius 3 is 2.67 bits per heavy atom. The van der Waals surface area contributed by atoms with E-state index in [4.69, 9.17) is 4.74 Å². The van der Waals surface area contributed by atoms with Gasteiger partial charge in [0.2, 0.25) is 0 Å².